The van der Waals surface area contributed by atoms with Crippen LogP contribution in [0.25, 0.3) is 0 Å². The average molecular weight is 710 g/mol. The van der Waals surface area contributed by atoms with Crippen molar-refractivity contribution in [2.24, 2.45) is 5.73 Å². The van der Waals surface area contributed by atoms with Gasteiger partial charge >= 0.3 is 0 Å². The van der Waals surface area contributed by atoms with Gasteiger partial charge in [-0.1, -0.05) is 155 Å². The summed E-state index contributed by atoms with van der Waals surface area (Å²) >= 11 is 0. The molecule has 0 saturated heterocycles. The van der Waals surface area contributed by atoms with E-state index >= 15 is 0 Å². The number of carbonyl (C=O) groups is 2. The standard InChI is InChI=1S/C43H87N3O4/c1-3-5-7-21-31-40(47)33-23-17-13-9-11-15-19-25-35-42(49)45-37-27-29-39(44)30-28-38-46-43(50)36-26-20-16-12-10-14-18-24-34-41(48)32-22-8-6-4-2/h39-41,47-48H,3-38,44H2,1-2H3,(H,45,49)(H,46,50). The van der Waals surface area contributed by atoms with Gasteiger partial charge in [-0.25, -0.2) is 0 Å². The van der Waals surface area contributed by atoms with Crippen molar-refractivity contribution in [2.75, 3.05) is 13.1 Å². The molecular weight excluding hydrogens is 622 g/mol. The maximum Gasteiger partial charge on any atom is 0.219 e. The normalized spacial score (nSPS) is 13.3. The average Bonchev–Trinajstić information content (AvgIpc) is 3.10. The van der Waals surface area contributed by atoms with Crippen LogP contribution in [0, 0.1) is 0 Å². The highest BCUT2D eigenvalue weighted by Crippen LogP contribution is 2.16. The molecule has 2 amide bonds. The third kappa shape index (κ3) is 38.1. The van der Waals surface area contributed by atoms with E-state index < -0.39 is 0 Å². The summed E-state index contributed by atoms with van der Waals surface area (Å²) in [6, 6.07) is 0.116. The van der Waals surface area contributed by atoms with Gasteiger partial charge in [0.15, 0.2) is 0 Å². The molecule has 298 valence electrons. The molecule has 0 spiro atoms. The van der Waals surface area contributed by atoms with Gasteiger partial charge in [0.05, 0.1) is 12.2 Å². The van der Waals surface area contributed by atoms with E-state index in [4.69, 9.17) is 5.73 Å². The Morgan fingerprint density at radius 2 is 0.700 bits per heavy atom. The highest BCUT2D eigenvalue weighted by Gasteiger charge is 2.07. The summed E-state index contributed by atoms with van der Waals surface area (Å²) in [5, 5.41) is 26.2. The quantitative estimate of drug-likeness (QED) is 0.0405. The maximum absolute atomic E-state index is 12.1. The highest BCUT2D eigenvalue weighted by molar-refractivity contribution is 5.76. The molecule has 0 aromatic rings. The van der Waals surface area contributed by atoms with E-state index in [1.165, 1.54) is 116 Å². The number of aliphatic hydroxyl groups excluding tert-OH is 2. The van der Waals surface area contributed by atoms with Gasteiger partial charge in [-0.2, -0.15) is 0 Å². The zero-order valence-corrected chi connectivity index (χ0v) is 33.5. The summed E-state index contributed by atoms with van der Waals surface area (Å²) in [6.07, 6.45) is 37.3. The van der Waals surface area contributed by atoms with Crippen molar-refractivity contribution in [1.29, 1.82) is 0 Å². The second-order valence-electron chi connectivity index (χ2n) is 15.5. The minimum absolute atomic E-state index is 0.0979. The summed E-state index contributed by atoms with van der Waals surface area (Å²) in [6.45, 7) is 5.83. The summed E-state index contributed by atoms with van der Waals surface area (Å²) in [4.78, 5) is 24.3. The lowest BCUT2D eigenvalue weighted by molar-refractivity contribution is -0.122. The Hall–Kier alpha value is -1.18. The smallest absolute Gasteiger partial charge is 0.219 e. The van der Waals surface area contributed by atoms with Crippen molar-refractivity contribution in [3.8, 4) is 0 Å². The van der Waals surface area contributed by atoms with Gasteiger partial charge < -0.3 is 26.6 Å². The van der Waals surface area contributed by atoms with Gasteiger partial charge in [0.2, 0.25) is 11.8 Å². The summed E-state index contributed by atoms with van der Waals surface area (Å²) in [5.74, 6) is 0.315. The van der Waals surface area contributed by atoms with Gasteiger partial charge in [-0.3, -0.25) is 9.59 Å². The summed E-state index contributed by atoms with van der Waals surface area (Å²) in [5.41, 5.74) is 6.27. The number of rotatable bonds is 40. The van der Waals surface area contributed by atoms with Gasteiger partial charge in [0, 0.05) is 32.0 Å². The van der Waals surface area contributed by atoms with E-state index in [-0.39, 0.29) is 30.1 Å². The van der Waals surface area contributed by atoms with Crippen molar-refractivity contribution in [3.63, 3.8) is 0 Å². The van der Waals surface area contributed by atoms with Crippen LogP contribution in [0.1, 0.15) is 232 Å². The zero-order valence-electron chi connectivity index (χ0n) is 33.5. The summed E-state index contributed by atoms with van der Waals surface area (Å²) < 4.78 is 0. The number of amides is 2. The highest BCUT2D eigenvalue weighted by atomic mass is 16.3. The number of carbonyl (C=O) groups excluding carboxylic acids is 2. The van der Waals surface area contributed by atoms with Crippen molar-refractivity contribution in [1.82, 2.24) is 10.6 Å². The van der Waals surface area contributed by atoms with E-state index in [9.17, 15) is 19.8 Å². The maximum atomic E-state index is 12.1. The van der Waals surface area contributed by atoms with Crippen LogP contribution in [-0.2, 0) is 9.59 Å². The molecule has 50 heavy (non-hydrogen) atoms. The predicted octanol–water partition coefficient (Wildman–Crippen LogP) is 10.6. The molecule has 2 atom stereocenters. The second-order valence-corrected chi connectivity index (χ2v) is 15.5. The first-order valence-corrected chi connectivity index (χ1v) is 22.0. The van der Waals surface area contributed by atoms with Crippen LogP contribution in [0.3, 0.4) is 0 Å². The zero-order chi connectivity index (χ0) is 36.8. The van der Waals surface area contributed by atoms with E-state index in [0.29, 0.717) is 25.9 Å². The van der Waals surface area contributed by atoms with Crippen molar-refractivity contribution >= 4 is 11.8 Å². The molecule has 0 rings (SSSR count). The number of nitrogens with one attached hydrogen (secondary N) is 2. The molecule has 2 unspecified atom stereocenters. The molecule has 0 aliphatic rings. The number of aliphatic hydroxyl groups is 2. The fraction of sp³-hybridized carbons (Fsp3) is 0.953. The van der Waals surface area contributed by atoms with E-state index in [1.807, 2.05) is 0 Å². The van der Waals surface area contributed by atoms with Crippen LogP contribution in [0.2, 0.25) is 0 Å². The largest absolute Gasteiger partial charge is 0.393 e. The summed E-state index contributed by atoms with van der Waals surface area (Å²) in [7, 11) is 0. The second kappa shape index (κ2) is 39.0. The van der Waals surface area contributed by atoms with Crippen LogP contribution in [-0.4, -0.2) is 53.4 Å². The Bertz CT molecular complexity index is 664. The topological polar surface area (TPSA) is 125 Å². The van der Waals surface area contributed by atoms with Crippen molar-refractivity contribution < 1.29 is 19.8 Å². The van der Waals surface area contributed by atoms with Crippen LogP contribution in [0.4, 0.5) is 0 Å². The Kier molecular flexibility index (Phi) is 38.1. The Morgan fingerprint density at radius 3 is 1.02 bits per heavy atom. The van der Waals surface area contributed by atoms with Gasteiger partial charge in [-0.15, -0.1) is 0 Å². The SMILES string of the molecule is CCCCCCC(O)CCCCCCCCCCC(=O)NCCCC(N)CCCNC(=O)CCCCCCCCCCC(O)CCCCCC. The lowest BCUT2D eigenvalue weighted by atomic mass is 10.0. The molecule has 0 aromatic heterocycles. The number of unbranched alkanes of at least 4 members (excludes halogenated alkanes) is 20. The Balaban J connectivity index is 3.42. The van der Waals surface area contributed by atoms with Crippen LogP contribution >= 0.6 is 0 Å². The molecule has 0 aromatic carbocycles. The fourth-order valence-corrected chi connectivity index (χ4v) is 6.86. The Labute approximate surface area is 310 Å². The van der Waals surface area contributed by atoms with Gasteiger partial charge in [0.1, 0.15) is 0 Å². The first-order valence-electron chi connectivity index (χ1n) is 22.0. The van der Waals surface area contributed by atoms with Crippen LogP contribution in [0.5, 0.6) is 0 Å². The van der Waals surface area contributed by atoms with E-state index in [0.717, 1.165) is 89.9 Å². The molecule has 7 nitrogen and oxygen atoms in total. The van der Waals surface area contributed by atoms with Gasteiger partial charge in [0.25, 0.3) is 0 Å². The predicted molar refractivity (Wildman–Crippen MR) is 214 cm³/mol. The molecule has 0 aliphatic heterocycles. The molecule has 0 aliphatic carbocycles. The molecule has 0 bridgehead atoms. The van der Waals surface area contributed by atoms with E-state index in [2.05, 4.69) is 24.5 Å². The number of hydrogen-bond acceptors (Lipinski definition) is 5. The van der Waals surface area contributed by atoms with Crippen molar-refractivity contribution in [3.05, 3.63) is 0 Å². The Morgan fingerprint density at radius 1 is 0.420 bits per heavy atom. The van der Waals surface area contributed by atoms with E-state index in [1.54, 1.807) is 0 Å². The van der Waals surface area contributed by atoms with Gasteiger partial charge in [-0.05, 0) is 64.2 Å². The van der Waals surface area contributed by atoms with Crippen LogP contribution < -0.4 is 16.4 Å². The minimum Gasteiger partial charge on any atom is -0.393 e. The number of nitrogens with two attached hydrogens (primary N) is 1. The fourth-order valence-electron chi connectivity index (χ4n) is 6.86. The lowest BCUT2D eigenvalue weighted by Gasteiger charge is -2.12. The lowest BCUT2D eigenvalue weighted by Crippen LogP contribution is -2.28. The monoisotopic (exact) mass is 710 g/mol. The first-order chi connectivity index (χ1) is 24.4. The first kappa shape index (κ1) is 48.8. The molecule has 0 heterocycles. The van der Waals surface area contributed by atoms with Crippen molar-refractivity contribution in [2.45, 2.75) is 250 Å². The third-order valence-electron chi connectivity index (χ3n) is 10.3. The molecule has 6 N–H and O–H groups in total. The molecule has 7 heteroatoms. The van der Waals surface area contributed by atoms with Crippen LogP contribution in [0.15, 0.2) is 0 Å². The number of hydrogen-bond donors (Lipinski definition) is 5. The molecule has 0 fully saturated rings. The minimum atomic E-state index is -0.0979. The molecule has 0 radical (unpaired) electrons. The molecular formula is C43H87N3O4. The third-order valence-corrected chi connectivity index (χ3v) is 10.3. The molecule has 0 saturated carbocycles.